The van der Waals surface area contributed by atoms with Crippen molar-refractivity contribution >= 4 is 25.5 Å². The van der Waals surface area contributed by atoms with Gasteiger partial charge >= 0.3 is 17.1 Å². The second-order valence-electron chi connectivity index (χ2n) is 4.82. The lowest BCUT2D eigenvalue weighted by atomic mass is 11.9. The fourth-order valence-corrected chi connectivity index (χ4v) is 14.2. The Labute approximate surface area is 82.8 Å². The predicted molar refractivity (Wildman–Crippen MR) is 60.9 cm³/mol. The van der Waals surface area contributed by atoms with Crippen molar-refractivity contribution in [1.29, 1.82) is 0 Å². The Morgan fingerprint density at radius 1 is 0.692 bits per heavy atom. The molecule has 0 rings (SSSR count). The van der Waals surface area contributed by atoms with Crippen LogP contribution in [-0.2, 0) is 0 Å². The zero-order valence-electron chi connectivity index (χ0n) is 9.26. The molecule has 0 aliphatic carbocycles. The standard InChI is InChI=1S/C6H20F2N2Si3/c1-11(2,7)9-13(5,6)10-12(3,4)8/h9-10H,1-6H3. The van der Waals surface area contributed by atoms with E-state index in [1.165, 1.54) is 0 Å². The number of nitrogens with one attached hydrogen (secondary N) is 2. The van der Waals surface area contributed by atoms with Crippen LogP contribution < -0.4 is 9.30 Å². The molecule has 0 spiro atoms. The molecule has 0 heterocycles. The monoisotopic (exact) mass is 242 g/mol. The van der Waals surface area contributed by atoms with Gasteiger partial charge in [-0.3, -0.25) is 8.22 Å². The molecule has 0 aromatic carbocycles. The summed E-state index contributed by atoms with van der Waals surface area (Å²) in [5.41, 5.74) is 0. The summed E-state index contributed by atoms with van der Waals surface area (Å²) >= 11 is 0. The minimum atomic E-state index is -2.79. The van der Waals surface area contributed by atoms with E-state index in [-0.39, 0.29) is 0 Å². The van der Waals surface area contributed by atoms with Gasteiger partial charge in [0, 0.05) is 0 Å². The van der Waals surface area contributed by atoms with E-state index in [1.807, 2.05) is 13.1 Å². The van der Waals surface area contributed by atoms with E-state index in [0.717, 1.165) is 0 Å². The highest BCUT2D eigenvalue weighted by molar-refractivity contribution is 6.93. The average Bonchev–Trinajstić information content (AvgIpc) is 1.43. The van der Waals surface area contributed by atoms with Gasteiger partial charge in [-0.25, -0.2) is 0 Å². The van der Waals surface area contributed by atoms with Crippen molar-refractivity contribution in [3.05, 3.63) is 0 Å². The van der Waals surface area contributed by atoms with Gasteiger partial charge in [-0.2, -0.15) is 0 Å². The van der Waals surface area contributed by atoms with E-state index < -0.39 is 25.5 Å². The van der Waals surface area contributed by atoms with E-state index in [1.54, 1.807) is 26.2 Å². The summed E-state index contributed by atoms with van der Waals surface area (Å²) in [6.07, 6.45) is 0. The van der Waals surface area contributed by atoms with E-state index in [0.29, 0.717) is 0 Å². The van der Waals surface area contributed by atoms with Crippen LogP contribution in [0.2, 0.25) is 39.3 Å². The Bertz CT molecular complexity index is 156. The van der Waals surface area contributed by atoms with Crippen LogP contribution in [0.4, 0.5) is 8.22 Å². The Morgan fingerprint density at radius 3 is 1.08 bits per heavy atom. The Morgan fingerprint density at radius 2 is 0.923 bits per heavy atom. The predicted octanol–water partition coefficient (Wildman–Crippen LogP) is 2.21. The first-order chi connectivity index (χ1) is 5.41. The van der Waals surface area contributed by atoms with Crippen LogP contribution in [0.5, 0.6) is 0 Å². The molecule has 0 unspecified atom stereocenters. The Balaban J connectivity index is 4.25. The molecule has 0 saturated heterocycles. The first kappa shape index (κ1) is 13.4. The summed E-state index contributed by atoms with van der Waals surface area (Å²) in [7, 11) is -7.68. The van der Waals surface area contributed by atoms with Gasteiger partial charge in [-0.1, -0.05) is 0 Å². The maximum atomic E-state index is 13.4. The van der Waals surface area contributed by atoms with Crippen LogP contribution in [0.1, 0.15) is 0 Å². The normalized spacial score (nSPS) is 14.8. The van der Waals surface area contributed by atoms with Gasteiger partial charge in [0.05, 0.1) is 0 Å². The topological polar surface area (TPSA) is 24.1 Å². The van der Waals surface area contributed by atoms with E-state index in [2.05, 4.69) is 9.30 Å². The zero-order valence-corrected chi connectivity index (χ0v) is 12.3. The molecule has 2 nitrogen and oxygen atoms in total. The molecular formula is C6H20F2N2Si3. The van der Waals surface area contributed by atoms with Gasteiger partial charge in [0.25, 0.3) is 0 Å². The first-order valence-electron chi connectivity index (χ1n) is 4.38. The lowest BCUT2D eigenvalue weighted by Gasteiger charge is -2.33. The molecule has 2 N–H and O–H groups in total. The highest BCUT2D eigenvalue weighted by Gasteiger charge is 2.37. The molecule has 7 heteroatoms. The van der Waals surface area contributed by atoms with Crippen LogP contribution >= 0.6 is 0 Å². The molecule has 0 aliphatic rings. The number of rotatable bonds is 4. The van der Waals surface area contributed by atoms with Crippen LogP contribution in [-0.4, -0.2) is 25.5 Å². The molecule has 0 atom stereocenters. The minimum absolute atomic E-state index is 1.58. The number of hydrogen-bond donors (Lipinski definition) is 2. The SMILES string of the molecule is C[Si](C)(F)N[Si](C)(C)N[Si](C)(C)F. The van der Waals surface area contributed by atoms with E-state index in [9.17, 15) is 8.22 Å². The Hall–Kier alpha value is 0.431. The summed E-state index contributed by atoms with van der Waals surface area (Å²) in [4.78, 5) is 0. The quantitative estimate of drug-likeness (QED) is 0.583. The summed E-state index contributed by atoms with van der Waals surface area (Å²) in [5.74, 6) is 0. The van der Waals surface area contributed by atoms with Crippen molar-refractivity contribution in [2.24, 2.45) is 0 Å². The molecule has 0 amide bonds. The van der Waals surface area contributed by atoms with Crippen LogP contribution in [0.3, 0.4) is 0 Å². The fourth-order valence-electron chi connectivity index (χ4n) is 1.52. The fraction of sp³-hybridized carbons (Fsp3) is 1.00. The molecule has 0 saturated carbocycles. The van der Waals surface area contributed by atoms with Crippen LogP contribution in [0.25, 0.3) is 0 Å². The van der Waals surface area contributed by atoms with E-state index in [4.69, 9.17) is 0 Å². The van der Waals surface area contributed by atoms with E-state index >= 15 is 0 Å². The average molecular weight is 242 g/mol. The second-order valence-corrected chi connectivity index (χ2v) is 16.0. The molecule has 0 aromatic heterocycles. The maximum absolute atomic E-state index is 13.4. The molecule has 0 fully saturated rings. The van der Waals surface area contributed by atoms with Crippen LogP contribution in [0.15, 0.2) is 0 Å². The largest absolute Gasteiger partial charge is 0.323 e. The smallest absolute Gasteiger partial charge is 0.307 e. The third kappa shape index (κ3) is 8.75. The van der Waals surface area contributed by atoms with Gasteiger partial charge < -0.3 is 9.30 Å². The molecule has 0 bridgehead atoms. The van der Waals surface area contributed by atoms with Gasteiger partial charge in [0.1, 0.15) is 0 Å². The van der Waals surface area contributed by atoms with Crippen molar-refractivity contribution in [2.45, 2.75) is 39.3 Å². The van der Waals surface area contributed by atoms with Gasteiger partial charge in [0.15, 0.2) is 8.40 Å². The van der Waals surface area contributed by atoms with Crippen molar-refractivity contribution < 1.29 is 8.22 Å². The van der Waals surface area contributed by atoms with Crippen molar-refractivity contribution in [1.82, 2.24) is 9.30 Å². The lowest BCUT2D eigenvalue weighted by molar-refractivity contribution is 0.761. The number of hydrogen-bond acceptors (Lipinski definition) is 2. The summed E-state index contributed by atoms with van der Waals surface area (Å²) in [6, 6.07) is 0. The van der Waals surface area contributed by atoms with Crippen LogP contribution in [0, 0.1) is 0 Å². The minimum Gasteiger partial charge on any atom is -0.323 e. The molecular weight excluding hydrogens is 222 g/mol. The Kier molecular flexibility index (Phi) is 4.02. The van der Waals surface area contributed by atoms with Crippen molar-refractivity contribution in [3.8, 4) is 0 Å². The summed E-state index contributed by atoms with van der Waals surface area (Å²) < 4.78 is 32.6. The van der Waals surface area contributed by atoms with Crippen molar-refractivity contribution in [3.63, 3.8) is 0 Å². The first-order valence-corrected chi connectivity index (χ1v) is 13.1. The maximum Gasteiger partial charge on any atom is 0.307 e. The molecule has 13 heavy (non-hydrogen) atoms. The third-order valence-electron chi connectivity index (χ3n) is 1.22. The number of halogens is 2. The molecule has 0 radical (unpaired) electrons. The molecule has 80 valence electrons. The van der Waals surface area contributed by atoms with Gasteiger partial charge in [-0.15, -0.1) is 0 Å². The highest BCUT2D eigenvalue weighted by atomic mass is 28.5. The molecule has 0 aromatic rings. The highest BCUT2D eigenvalue weighted by Crippen LogP contribution is 2.08. The lowest BCUT2D eigenvalue weighted by Crippen LogP contribution is -2.70. The third-order valence-corrected chi connectivity index (χ3v) is 11.0. The zero-order chi connectivity index (χ0) is 10.9. The second kappa shape index (κ2) is 3.89. The summed E-state index contributed by atoms with van der Waals surface area (Å²) in [5, 5.41) is 0. The molecule has 0 aliphatic heterocycles. The van der Waals surface area contributed by atoms with Gasteiger partial charge in [0.2, 0.25) is 0 Å². The summed E-state index contributed by atoms with van der Waals surface area (Å²) in [6.45, 7) is 10.1. The van der Waals surface area contributed by atoms with Crippen molar-refractivity contribution in [2.75, 3.05) is 0 Å². The van der Waals surface area contributed by atoms with Gasteiger partial charge in [-0.05, 0) is 39.3 Å².